The molecular formula is C45H47N9O6S2. The van der Waals surface area contributed by atoms with Crippen molar-refractivity contribution in [2.75, 3.05) is 44.0 Å². The van der Waals surface area contributed by atoms with E-state index in [0.717, 1.165) is 101 Å². The van der Waals surface area contributed by atoms with Crippen LogP contribution in [0.15, 0.2) is 46.9 Å². The van der Waals surface area contributed by atoms with Crippen LogP contribution in [0.25, 0.3) is 20.4 Å². The van der Waals surface area contributed by atoms with E-state index < -0.39 is 5.97 Å². The zero-order chi connectivity index (χ0) is 42.9. The number of nitrogens with zero attached hydrogens (tertiary/aromatic N) is 7. The molecule has 2 aromatic carbocycles. The van der Waals surface area contributed by atoms with E-state index in [2.05, 4.69) is 52.7 Å². The van der Waals surface area contributed by atoms with Crippen molar-refractivity contribution < 1.29 is 29.3 Å². The molecule has 6 aromatic rings. The minimum absolute atomic E-state index is 0.0218. The first-order valence-electron chi connectivity index (χ1n) is 20.9. The summed E-state index contributed by atoms with van der Waals surface area (Å²) in [4.78, 5) is 56.7. The maximum absolute atomic E-state index is 12.8. The van der Waals surface area contributed by atoms with Gasteiger partial charge in [-0.1, -0.05) is 0 Å². The quantitative estimate of drug-likeness (QED) is 0.0961. The molecule has 4 aromatic heterocycles. The Balaban J connectivity index is 0.000000159. The number of rotatable bonds is 12. The number of carboxylic acids is 1. The molecule has 17 heteroatoms. The van der Waals surface area contributed by atoms with Crippen LogP contribution in [0.2, 0.25) is 0 Å². The molecule has 0 radical (unpaired) electrons. The fourth-order valence-electron chi connectivity index (χ4n) is 8.68. The first-order valence-corrected chi connectivity index (χ1v) is 22.6. The molecule has 1 amide bonds. The number of aryl methyl sites for hydroxylation is 2. The van der Waals surface area contributed by atoms with Crippen molar-refractivity contribution in [2.45, 2.75) is 65.5 Å². The van der Waals surface area contributed by atoms with E-state index in [9.17, 15) is 14.7 Å². The van der Waals surface area contributed by atoms with Gasteiger partial charge >= 0.3 is 5.97 Å². The molecule has 0 saturated carbocycles. The Morgan fingerprint density at radius 1 is 0.758 bits per heavy atom. The molecule has 0 saturated heterocycles. The molecule has 0 unspecified atom stereocenters. The van der Waals surface area contributed by atoms with E-state index in [-0.39, 0.29) is 24.3 Å². The average molecular weight is 874 g/mol. The molecule has 4 aliphatic rings. The zero-order valence-corrected chi connectivity index (χ0v) is 36.4. The van der Waals surface area contributed by atoms with Crippen LogP contribution in [0.3, 0.4) is 0 Å². The van der Waals surface area contributed by atoms with Crippen molar-refractivity contribution in [3.05, 3.63) is 80.1 Å². The topological polar surface area (TPSA) is 197 Å². The van der Waals surface area contributed by atoms with Crippen molar-refractivity contribution >= 4 is 90.4 Å². The molecule has 2 atom stereocenters. The number of ether oxygens (including phenoxy) is 2. The Bertz CT molecular complexity index is 2770. The van der Waals surface area contributed by atoms with E-state index in [1.165, 1.54) is 16.0 Å². The number of nitrogens with one attached hydrogen (secondary N) is 2. The van der Waals surface area contributed by atoms with Gasteiger partial charge in [0.05, 0.1) is 61.0 Å². The largest absolute Gasteiger partial charge is 0.492 e. The number of hydrogen-bond acceptors (Lipinski definition) is 15. The Hall–Kier alpha value is -6.04. The number of aliphatic imine (C=N–C) groups is 2. The lowest BCUT2D eigenvalue weighted by atomic mass is 9.87. The molecule has 4 N–H and O–H groups in total. The maximum atomic E-state index is 12.8. The predicted octanol–water partition coefficient (Wildman–Crippen LogP) is 7.28. The van der Waals surface area contributed by atoms with Gasteiger partial charge < -0.3 is 35.2 Å². The van der Waals surface area contributed by atoms with Gasteiger partial charge in [0.25, 0.3) is 0 Å². The number of carbonyl (C=O) groups is 2. The van der Waals surface area contributed by atoms with Crippen molar-refractivity contribution in [1.82, 2.24) is 24.8 Å². The molecule has 0 bridgehead atoms. The van der Waals surface area contributed by atoms with Gasteiger partial charge in [-0.2, -0.15) is 0 Å². The van der Waals surface area contributed by atoms with E-state index in [0.29, 0.717) is 52.1 Å². The molecular weight excluding hydrogens is 827 g/mol. The van der Waals surface area contributed by atoms with Gasteiger partial charge in [-0.25, -0.2) is 19.9 Å². The highest BCUT2D eigenvalue weighted by molar-refractivity contribution is 7.19. The van der Waals surface area contributed by atoms with Gasteiger partial charge in [-0.05, 0) is 110 Å². The third kappa shape index (κ3) is 8.07. The highest BCUT2D eigenvalue weighted by Gasteiger charge is 2.32. The number of carbonyl (C=O) groups excluding carboxylic acids is 1. The number of fused-ring (bicyclic) bond motifs is 8. The van der Waals surface area contributed by atoms with Crippen LogP contribution in [-0.4, -0.2) is 92.8 Å². The lowest BCUT2D eigenvalue weighted by molar-refractivity contribution is -0.142. The summed E-state index contributed by atoms with van der Waals surface area (Å²) >= 11 is 3.21. The number of benzene rings is 2. The number of anilines is 4. The third-order valence-electron chi connectivity index (χ3n) is 11.8. The summed E-state index contributed by atoms with van der Waals surface area (Å²) < 4.78 is 11.8. The molecule has 62 heavy (non-hydrogen) atoms. The van der Waals surface area contributed by atoms with Crippen LogP contribution >= 0.6 is 22.7 Å². The maximum Gasteiger partial charge on any atom is 0.306 e. The number of thiophene rings is 2. The number of hydrogen-bond donors (Lipinski definition) is 4. The number of aliphatic carboxylic acids is 1. The van der Waals surface area contributed by atoms with Gasteiger partial charge in [0.15, 0.2) is 0 Å². The summed E-state index contributed by atoms with van der Waals surface area (Å²) in [6.45, 7) is 6.77. The minimum atomic E-state index is -0.723. The van der Waals surface area contributed by atoms with Crippen LogP contribution in [0.4, 0.5) is 23.0 Å². The van der Waals surface area contributed by atoms with Gasteiger partial charge in [-0.3, -0.25) is 19.6 Å². The number of aliphatic hydroxyl groups is 1. The van der Waals surface area contributed by atoms with E-state index in [1.807, 2.05) is 38.4 Å². The van der Waals surface area contributed by atoms with Crippen molar-refractivity contribution in [3.8, 4) is 11.5 Å². The SMILES string of the molecule is CCOc1cc2c(cc1Nc1ncnc3sc4c(c13)CC[C@H](C(=O)N(C)CCO)C4)C=NC2.CCOc1cc2c(cc1Nc1ncnc3sc4c(c13)CC[C@H](C(=O)O)C4)C=NC2. The van der Waals surface area contributed by atoms with Crippen LogP contribution < -0.4 is 20.1 Å². The Labute approximate surface area is 366 Å². The Morgan fingerprint density at radius 2 is 1.26 bits per heavy atom. The lowest BCUT2D eigenvalue weighted by Crippen LogP contribution is -2.37. The number of aromatic nitrogens is 4. The van der Waals surface area contributed by atoms with Crippen molar-refractivity contribution in [2.24, 2.45) is 21.8 Å². The van der Waals surface area contributed by atoms with Crippen molar-refractivity contribution in [1.29, 1.82) is 0 Å². The second-order valence-electron chi connectivity index (χ2n) is 15.7. The molecule has 6 heterocycles. The van der Waals surface area contributed by atoms with Gasteiger partial charge in [0.1, 0.15) is 45.5 Å². The summed E-state index contributed by atoms with van der Waals surface area (Å²) in [5.41, 5.74) is 8.59. The molecule has 15 nitrogen and oxygen atoms in total. The standard InChI is InChI=1S/C24H27N5O3S.C21H20N4O3S/c1-3-32-19-9-16-12-25-11-15(16)8-18(19)28-22-21-17-5-4-14(24(31)29(2)6-7-30)10-20(17)33-23(21)27-13-26-22;1-2-28-16-6-13-9-22-8-12(13)5-15(16)25-19-18-14-4-3-11(21(26)27)7-17(14)29-20(18)24-10-23-19/h8-9,11,13-14,30H,3-7,10,12H2,1-2H3,(H,26,27,28);5-6,8,10-11H,2-4,7,9H2,1H3,(H,26,27)(H,23,24,25)/t14-;11-/m00/s1. The first kappa shape index (κ1) is 41.3. The number of carboxylic acid groups (broad SMARTS) is 1. The number of amides is 1. The van der Waals surface area contributed by atoms with Crippen LogP contribution in [0.5, 0.6) is 11.5 Å². The van der Waals surface area contributed by atoms with E-state index in [1.54, 1.807) is 47.3 Å². The highest BCUT2D eigenvalue weighted by Crippen LogP contribution is 2.44. The van der Waals surface area contributed by atoms with Gasteiger partial charge in [0, 0.05) is 41.7 Å². The molecule has 0 fully saturated rings. The molecule has 2 aliphatic carbocycles. The summed E-state index contributed by atoms with van der Waals surface area (Å²) in [6, 6.07) is 8.20. The third-order valence-corrected chi connectivity index (χ3v) is 14.1. The van der Waals surface area contributed by atoms with Crippen LogP contribution in [0, 0.1) is 11.8 Å². The first-order chi connectivity index (χ1) is 30.2. The molecule has 320 valence electrons. The smallest absolute Gasteiger partial charge is 0.306 e. The van der Waals surface area contributed by atoms with Crippen LogP contribution in [-0.2, 0) is 48.4 Å². The zero-order valence-electron chi connectivity index (χ0n) is 34.7. The fraction of sp³-hybridized carbons (Fsp3) is 0.378. The number of likely N-dealkylation sites (N-methyl/N-ethyl adjacent to an activating group) is 1. The Morgan fingerprint density at radius 3 is 1.74 bits per heavy atom. The van der Waals surface area contributed by atoms with E-state index in [4.69, 9.17) is 14.6 Å². The summed E-state index contributed by atoms with van der Waals surface area (Å²) in [7, 11) is 1.75. The Kier molecular flexibility index (Phi) is 11.8. The monoisotopic (exact) mass is 873 g/mol. The molecule has 2 aliphatic heterocycles. The van der Waals surface area contributed by atoms with Gasteiger partial charge in [0.2, 0.25) is 5.91 Å². The summed E-state index contributed by atoms with van der Waals surface area (Å²) in [6.07, 6.45) is 11.1. The minimum Gasteiger partial charge on any atom is -0.492 e. The van der Waals surface area contributed by atoms with Crippen LogP contribution in [0.1, 0.15) is 69.8 Å². The predicted molar refractivity (Wildman–Crippen MR) is 243 cm³/mol. The lowest BCUT2D eigenvalue weighted by Gasteiger charge is -2.26. The highest BCUT2D eigenvalue weighted by atomic mass is 32.1. The number of aliphatic hydroxyl groups excluding tert-OH is 1. The molecule has 10 rings (SSSR count). The summed E-state index contributed by atoms with van der Waals surface area (Å²) in [5, 5.41) is 27.5. The average Bonchev–Trinajstić information content (AvgIpc) is 4.08. The fourth-order valence-corrected chi connectivity index (χ4v) is 11.2. The summed E-state index contributed by atoms with van der Waals surface area (Å²) in [5.74, 6) is 2.05. The second kappa shape index (κ2) is 17.7. The molecule has 0 spiro atoms. The second-order valence-corrected chi connectivity index (χ2v) is 17.8. The van der Waals surface area contributed by atoms with Gasteiger partial charge in [-0.15, -0.1) is 22.7 Å². The van der Waals surface area contributed by atoms with Crippen molar-refractivity contribution in [3.63, 3.8) is 0 Å². The normalized spacial score (nSPS) is 16.8. The van der Waals surface area contributed by atoms with E-state index >= 15 is 0 Å².